The molecule has 19 heavy (non-hydrogen) atoms. The summed E-state index contributed by atoms with van der Waals surface area (Å²) < 4.78 is 5.34. The smallest absolute Gasteiger partial charge is 0.277 e. The Morgan fingerprint density at radius 2 is 1.84 bits per heavy atom. The number of rotatable bonds is 2. The number of methoxy groups -OCH3 is 1. The van der Waals surface area contributed by atoms with Gasteiger partial charge in [-0.2, -0.15) is 0 Å². The van der Waals surface area contributed by atoms with Crippen molar-refractivity contribution in [3.8, 4) is 5.75 Å². The van der Waals surface area contributed by atoms with E-state index in [9.17, 15) is 4.79 Å². The Labute approximate surface area is 111 Å². The van der Waals surface area contributed by atoms with Gasteiger partial charge in [0.15, 0.2) is 0 Å². The van der Waals surface area contributed by atoms with Crippen LogP contribution in [0, 0.1) is 0 Å². The average Bonchev–Trinajstić information content (AvgIpc) is 2.47. The molecule has 0 aliphatic carbocycles. The summed E-state index contributed by atoms with van der Waals surface area (Å²) in [5.74, 6) is 0.549. The lowest BCUT2D eigenvalue weighted by atomic mass is 9.94. The van der Waals surface area contributed by atoms with Gasteiger partial charge in [0.25, 0.3) is 5.91 Å². The molecule has 0 radical (unpaired) electrons. The van der Waals surface area contributed by atoms with Crippen LogP contribution in [0.5, 0.6) is 5.75 Å². The fraction of sp³-hybridized carbons (Fsp3) is 0.125. The van der Waals surface area contributed by atoms with Crippen molar-refractivity contribution in [2.75, 3.05) is 7.11 Å². The molecule has 0 aromatic heterocycles. The fourth-order valence-electron chi connectivity index (χ4n) is 2.33. The van der Waals surface area contributed by atoms with E-state index in [4.69, 9.17) is 4.74 Å². The molecule has 1 heterocycles. The van der Waals surface area contributed by atoms with E-state index in [1.54, 1.807) is 13.2 Å². The van der Waals surface area contributed by atoms with E-state index in [2.05, 4.69) is 4.99 Å². The number of fused-ring (bicyclic) bond motifs is 1. The number of carbonyl (C=O) groups is 1. The predicted octanol–water partition coefficient (Wildman–Crippen LogP) is 2.88. The Hall–Kier alpha value is -2.42. The Morgan fingerprint density at radius 3 is 2.58 bits per heavy atom. The second-order valence-corrected chi connectivity index (χ2v) is 4.39. The highest BCUT2D eigenvalue weighted by atomic mass is 16.5. The van der Waals surface area contributed by atoms with E-state index in [1.165, 1.54) is 0 Å². The van der Waals surface area contributed by atoms with E-state index in [0.29, 0.717) is 12.0 Å². The van der Waals surface area contributed by atoms with Crippen molar-refractivity contribution in [2.24, 2.45) is 4.99 Å². The van der Waals surface area contributed by atoms with Gasteiger partial charge in [0.1, 0.15) is 5.75 Å². The van der Waals surface area contributed by atoms with Crippen LogP contribution in [0.4, 0.5) is 0 Å². The molecule has 3 heteroatoms. The fourth-order valence-corrected chi connectivity index (χ4v) is 2.33. The molecule has 2 aromatic carbocycles. The summed E-state index contributed by atoms with van der Waals surface area (Å²) in [7, 11) is 1.62. The Kier molecular flexibility index (Phi) is 2.88. The van der Waals surface area contributed by atoms with E-state index < -0.39 is 0 Å². The van der Waals surface area contributed by atoms with Crippen molar-refractivity contribution in [2.45, 2.75) is 6.42 Å². The second kappa shape index (κ2) is 4.69. The van der Waals surface area contributed by atoms with Crippen LogP contribution in [0.25, 0.3) is 0 Å². The lowest BCUT2D eigenvalue weighted by molar-refractivity contribution is 0.0999. The highest BCUT2D eigenvalue weighted by molar-refractivity contribution is 6.15. The molecule has 1 aliphatic rings. The molecule has 3 rings (SSSR count). The summed E-state index contributed by atoms with van der Waals surface area (Å²) >= 11 is 0. The molecule has 3 nitrogen and oxygen atoms in total. The maximum absolute atomic E-state index is 12.1. The predicted molar refractivity (Wildman–Crippen MR) is 74.0 cm³/mol. The second-order valence-electron chi connectivity index (χ2n) is 4.39. The lowest BCUT2D eigenvalue weighted by Crippen LogP contribution is -2.18. The number of hydrogen-bond acceptors (Lipinski definition) is 2. The minimum atomic E-state index is -0.195. The first-order valence-electron chi connectivity index (χ1n) is 6.13. The quantitative estimate of drug-likeness (QED) is 0.823. The van der Waals surface area contributed by atoms with Crippen LogP contribution in [0.3, 0.4) is 0 Å². The van der Waals surface area contributed by atoms with Crippen LogP contribution < -0.4 is 4.74 Å². The molecular formula is C16H13NO2. The van der Waals surface area contributed by atoms with Crippen molar-refractivity contribution < 1.29 is 9.53 Å². The van der Waals surface area contributed by atoms with Gasteiger partial charge in [0.05, 0.1) is 12.8 Å². The number of nitrogens with zero attached hydrogens (tertiary/aromatic N) is 1. The topological polar surface area (TPSA) is 38.7 Å². The maximum Gasteiger partial charge on any atom is 0.277 e. The van der Waals surface area contributed by atoms with Crippen molar-refractivity contribution in [1.29, 1.82) is 0 Å². The number of ether oxygens (including phenoxy) is 1. The first-order chi connectivity index (χ1) is 9.29. The van der Waals surface area contributed by atoms with Crippen molar-refractivity contribution in [1.82, 2.24) is 0 Å². The van der Waals surface area contributed by atoms with E-state index in [0.717, 1.165) is 22.6 Å². The third-order valence-corrected chi connectivity index (χ3v) is 3.27. The molecular weight excluding hydrogens is 238 g/mol. The molecule has 0 spiro atoms. The first kappa shape index (κ1) is 11.7. The van der Waals surface area contributed by atoms with Gasteiger partial charge < -0.3 is 4.74 Å². The summed E-state index contributed by atoms with van der Waals surface area (Å²) in [5, 5.41) is 0. The van der Waals surface area contributed by atoms with Crippen molar-refractivity contribution >= 4 is 11.6 Å². The van der Waals surface area contributed by atoms with Gasteiger partial charge in [-0.25, -0.2) is 4.99 Å². The van der Waals surface area contributed by atoms with Gasteiger partial charge in [-0.05, 0) is 17.7 Å². The summed E-state index contributed by atoms with van der Waals surface area (Å²) in [6, 6.07) is 15.3. The Balaban J connectivity index is 2.08. The molecule has 0 atom stereocenters. The molecule has 1 aliphatic heterocycles. The number of hydrogen-bond donors (Lipinski definition) is 0. The van der Waals surface area contributed by atoms with Crippen molar-refractivity contribution in [3.05, 3.63) is 65.2 Å². The number of carbonyl (C=O) groups excluding carboxylic acids is 1. The maximum atomic E-state index is 12.1. The first-order valence-corrected chi connectivity index (χ1v) is 6.13. The molecule has 0 saturated heterocycles. The molecule has 2 aromatic rings. The SMILES string of the molecule is COc1cccc2c1CC(c1ccccc1)=NC2=O. The zero-order chi connectivity index (χ0) is 13.2. The summed E-state index contributed by atoms with van der Waals surface area (Å²) in [6.07, 6.45) is 0.620. The van der Waals surface area contributed by atoms with Gasteiger partial charge in [0, 0.05) is 17.5 Å². The molecule has 0 fully saturated rings. The highest BCUT2D eigenvalue weighted by Crippen LogP contribution is 2.28. The lowest BCUT2D eigenvalue weighted by Gasteiger charge is -2.17. The van der Waals surface area contributed by atoms with Gasteiger partial charge in [-0.1, -0.05) is 36.4 Å². The number of benzene rings is 2. The average molecular weight is 251 g/mol. The normalized spacial score (nSPS) is 13.7. The van der Waals surface area contributed by atoms with E-state index >= 15 is 0 Å². The van der Waals surface area contributed by atoms with E-state index in [1.807, 2.05) is 42.5 Å². The third-order valence-electron chi connectivity index (χ3n) is 3.27. The van der Waals surface area contributed by atoms with Gasteiger partial charge in [-0.15, -0.1) is 0 Å². The molecule has 94 valence electrons. The molecule has 0 N–H and O–H groups in total. The van der Waals surface area contributed by atoms with Gasteiger partial charge in [0.2, 0.25) is 0 Å². The van der Waals surface area contributed by atoms with Crippen LogP contribution >= 0.6 is 0 Å². The zero-order valence-electron chi connectivity index (χ0n) is 10.6. The molecule has 0 saturated carbocycles. The van der Waals surface area contributed by atoms with Crippen molar-refractivity contribution in [3.63, 3.8) is 0 Å². The minimum Gasteiger partial charge on any atom is -0.496 e. The van der Waals surface area contributed by atoms with Gasteiger partial charge >= 0.3 is 0 Å². The molecule has 1 amide bonds. The largest absolute Gasteiger partial charge is 0.496 e. The summed E-state index contributed by atoms with van der Waals surface area (Å²) in [6.45, 7) is 0. The number of aliphatic imine (C=N–C) groups is 1. The highest BCUT2D eigenvalue weighted by Gasteiger charge is 2.22. The summed E-state index contributed by atoms with van der Waals surface area (Å²) in [5.41, 5.74) is 3.33. The molecule has 0 bridgehead atoms. The van der Waals surface area contributed by atoms with Crippen LogP contribution in [0.1, 0.15) is 21.5 Å². The standard InChI is InChI=1S/C16H13NO2/c1-19-15-9-5-8-12-13(15)10-14(17-16(12)18)11-6-3-2-4-7-11/h2-9H,10H2,1H3. The zero-order valence-corrected chi connectivity index (χ0v) is 10.6. The summed E-state index contributed by atoms with van der Waals surface area (Å²) in [4.78, 5) is 16.3. The van der Waals surface area contributed by atoms with Crippen LogP contribution in [-0.4, -0.2) is 18.7 Å². The molecule has 0 unspecified atom stereocenters. The Bertz CT molecular complexity index is 660. The van der Waals surface area contributed by atoms with E-state index in [-0.39, 0.29) is 5.91 Å². The number of amides is 1. The van der Waals surface area contributed by atoms with Crippen LogP contribution in [-0.2, 0) is 6.42 Å². The van der Waals surface area contributed by atoms with Crippen LogP contribution in [0.2, 0.25) is 0 Å². The van der Waals surface area contributed by atoms with Gasteiger partial charge in [-0.3, -0.25) is 4.79 Å². The minimum absolute atomic E-state index is 0.195. The third kappa shape index (κ3) is 2.03. The van der Waals surface area contributed by atoms with Crippen LogP contribution in [0.15, 0.2) is 53.5 Å². The monoisotopic (exact) mass is 251 g/mol. The Morgan fingerprint density at radius 1 is 1.05 bits per heavy atom.